The molecule has 2 N–H and O–H groups in total. The average molecular weight is 292 g/mol. The van der Waals surface area contributed by atoms with Gasteiger partial charge in [-0.1, -0.05) is 38.4 Å². The average Bonchev–Trinajstić information content (AvgIpc) is 2.14. The Hall–Kier alpha value is -0.440. The number of methoxy groups -OCH3 is 1. The Morgan fingerprint density at radius 3 is 2.28 bits per heavy atom. The number of benzene rings is 1. The van der Waals surface area contributed by atoms with E-state index in [9.17, 15) is 0 Å². The summed E-state index contributed by atoms with van der Waals surface area (Å²) in [5, 5.41) is 0.663. The molecular formula is C14H23Cl2NO. The van der Waals surface area contributed by atoms with Gasteiger partial charge in [0.1, 0.15) is 5.75 Å². The highest BCUT2D eigenvalue weighted by Gasteiger charge is 2.19. The highest BCUT2D eigenvalue weighted by Crippen LogP contribution is 2.35. The van der Waals surface area contributed by atoms with Crippen LogP contribution in [0.25, 0.3) is 0 Å². The predicted octanol–water partition coefficient (Wildman–Crippen LogP) is 3.96. The summed E-state index contributed by atoms with van der Waals surface area (Å²) in [7, 11) is 1.64. The number of hydrogen-bond donors (Lipinski definition) is 1. The molecule has 0 bridgehead atoms. The Morgan fingerprint density at radius 1 is 1.33 bits per heavy atom. The zero-order valence-corrected chi connectivity index (χ0v) is 13.3. The van der Waals surface area contributed by atoms with Crippen LogP contribution < -0.4 is 10.5 Å². The molecule has 0 aliphatic carbocycles. The van der Waals surface area contributed by atoms with Gasteiger partial charge in [-0.25, -0.2) is 0 Å². The first-order chi connectivity index (χ1) is 7.75. The number of nitrogens with two attached hydrogens (primary N) is 1. The van der Waals surface area contributed by atoms with Crippen LogP contribution in [0.5, 0.6) is 5.75 Å². The van der Waals surface area contributed by atoms with Crippen LogP contribution in [0.2, 0.25) is 5.02 Å². The van der Waals surface area contributed by atoms with Gasteiger partial charge in [0.15, 0.2) is 0 Å². The second-order valence-electron chi connectivity index (χ2n) is 5.58. The minimum absolute atomic E-state index is 0. The smallest absolute Gasteiger partial charge is 0.140 e. The molecule has 1 aromatic carbocycles. The minimum Gasteiger partial charge on any atom is -0.495 e. The molecule has 0 aromatic heterocycles. The summed E-state index contributed by atoms with van der Waals surface area (Å²) in [5.74, 6) is 0.747. The number of rotatable bonds is 3. The van der Waals surface area contributed by atoms with Crippen molar-refractivity contribution in [3.8, 4) is 5.75 Å². The maximum atomic E-state index is 6.26. The molecule has 1 aromatic rings. The van der Waals surface area contributed by atoms with Gasteiger partial charge in [0.05, 0.1) is 12.1 Å². The van der Waals surface area contributed by atoms with Gasteiger partial charge in [-0.05, 0) is 36.0 Å². The van der Waals surface area contributed by atoms with Crippen LogP contribution in [0.15, 0.2) is 12.1 Å². The molecule has 4 heteroatoms. The van der Waals surface area contributed by atoms with Gasteiger partial charge in [-0.2, -0.15) is 0 Å². The van der Waals surface area contributed by atoms with Crippen molar-refractivity contribution in [1.29, 1.82) is 0 Å². The molecule has 0 spiro atoms. The van der Waals surface area contributed by atoms with Crippen LogP contribution in [0.1, 0.15) is 38.8 Å². The summed E-state index contributed by atoms with van der Waals surface area (Å²) >= 11 is 6.26. The van der Waals surface area contributed by atoms with Crippen molar-refractivity contribution >= 4 is 24.0 Å². The topological polar surface area (TPSA) is 35.2 Å². The summed E-state index contributed by atoms with van der Waals surface area (Å²) in [6.07, 6.45) is 0.771. The third-order valence-electron chi connectivity index (χ3n) is 2.73. The molecule has 1 rings (SSSR count). The molecule has 0 aliphatic heterocycles. The number of halogens is 2. The van der Waals surface area contributed by atoms with Crippen molar-refractivity contribution in [2.24, 2.45) is 5.73 Å². The molecular weight excluding hydrogens is 269 g/mol. The molecule has 104 valence electrons. The first-order valence-corrected chi connectivity index (χ1v) is 6.26. The third-order valence-corrected chi connectivity index (χ3v) is 3.01. The highest BCUT2D eigenvalue weighted by atomic mass is 35.5. The second-order valence-corrected chi connectivity index (χ2v) is 5.99. The summed E-state index contributed by atoms with van der Waals surface area (Å²) < 4.78 is 5.36. The van der Waals surface area contributed by atoms with Crippen molar-refractivity contribution in [1.82, 2.24) is 0 Å². The normalized spacial score (nSPS) is 12.8. The summed E-state index contributed by atoms with van der Waals surface area (Å²) in [4.78, 5) is 0. The second kappa shape index (κ2) is 6.65. The Bertz CT molecular complexity index is 398. The van der Waals surface area contributed by atoms with Crippen LogP contribution >= 0.6 is 24.0 Å². The van der Waals surface area contributed by atoms with Gasteiger partial charge in [-0.15, -0.1) is 12.4 Å². The fraction of sp³-hybridized carbons (Fsp3) is 0.571. The molecule has 2 nitrogen and oxygen atoms in total. The van der Waals surface area contributed by atoms with Crippen LogP contribution in [0.4, 0.5) is 0 Å². The molecule has 0 aliphatic rings. The zero-order valence-electron chi connectivity index (χ0n) is 11.7. The minimum atomic E-state index is 0. The van der Waals surface area contributed by atoms with E-state index < -0.39 is 0 Å². The van der Waals surface area contributed by atoms with Gasteiger partial charge in [0, 0.05) is 6.04 Å². The van der Waals surface area contributed by atoms with Gasteiger partial charge in [0.25, 0.3) is 0 Å². The first kappa shape index (κ1) is 17.6. The molecule has 0 saturated heterocycles. The number of hydrogen-bond acceptors (Lipinski definition) is 2. The molecule has 0 fully saturated rings. The standard InChI is InChI=1S/C14H22ClNO.ClH/c1-9(16)6-10-7-11(14(2,3)4)8-12(15)13(10)17-5;/h7-9H,6,16H2,1-5H3;1H. The zero-order chi connectivity index (χ0) is 13.2. The largest absolute Gasteiger partial charge is 0.495 e. The fourth-order valence-electron chi connectivity index (χ4n) is 1.81. The monoisotopic (exact) mass is 291 g/mol. The van der Waals surface area contributed by atoms with E-state index in [1.54, 1.807) is 7.11 Å². The van der Waals surface area contributed by atoms with E-state index in [1.807, 2.05) is 13.0 Å². The van der Waals surface area contributed by atoms with E-state index in [1.165, 1.54) is 5.56 Å². The predicted molar refractivity (Wildman–Crippen MR) is 81.3 cm³/mol. The van der Waals surface area contributed by atoms with E-state index in [0.717, 1.165) is 17.7 Å². The van der Waals surface area contributed by atoms with Crippen molar-refractivity contribution in [3.05, 3.63) is 28.3 Å². The van der Waals surface area contributed by atoms with Crippen LogP contribution in [-0.4, -0.2) is 13.2 Å². The third kappa shape index (κ3) is 4.34. The Labute approximate surface area is 121 Å². The van der Waals surface area contributed by atoms with Gasteiger partial charge in [0.2, 0.25) is 0 Å². The van der Waals surface area contributed by atoms with E-state index in [2.05, 4.69) is 26.8 Å². The summed E-state index contributed by atoms with van der Waals surface area (Å²) in [5.41, 5.74) is 8.22. The molecule has 0 heterocycles. The van der Waals surface area contributed by atoms with Crippen molar-refractivity contribution in [2.45, 2.75) is 45.6 Å². The van der Waals surface area contributed by atoms with Crippen molar-refractivity contribution in [2.75, 3.05) is 7.11 Å². The lowest BCUT2D eigenvalue weighted by Gasteiger charge is -2.22. The van der Waals surface area contributed by atoms with E-state index >= 15 is 0 Å². The van der Waals surface area contributed by atoms with E-state index in [0.29, 0.717) is 5.02 Å². The summed E-state index contributed by atoms with van der Waals surface area (Å²) in [6, 6.07) is 4.22. The quantitative estimate of drug-likeness (QED) is 0.915. The maximum absolute atomic E-state index is 6.26. The van der Waals surface area contributed by atoms with Gasteiger partial charge < -0.3 is 10.5 Å². The maximum Gasteiger partial charge on any atom is 0.140 e. The van der Waals surface area contributed by atoms with Gasteiger partial charge >= 0.3 is 0 Å². The molecule has 1 unspecified atom stereocenters. The Kier molecular flexibility index (Phi) is 6.48. The lowest BCUT2D eigenvalue weighted by molar-refractivity contribution is 0.408. The lowest BCUT2D eigenvalue weighted by Crippen LogP contribution is -2.19. The SMILES string of the molecule is COc1c(Cl)cc(C(C)(C)C)cc1CC(C)N.Cl. The Morgan fingerprint density at radius 2 is 1.89 bits per heavy atom. The van der Waals surface area contributed by atoms with E-state index in [4.69, 9.17) is 22.1 Å². The van der Waals surface area contributed by atoms with Crippen LogP contribution in [-0.2, 0) is 11.8 Å². The Balaban J connectivity index is 0.00000289. The van der Waals surface area contributed by atoms with Crippen LogP contribution in [0.3, 0.4) is 0 Å². The van der Waals surface area contributed by atoms with Crippen molar-refractivity contribution < 1.29 is 4.74 Å². The highest BCUT2D eigenvalue weighted by molar-refractivity contribution is 6.32. The molecule has 18 heavy (non-hydrogen) atoms. The molecule has 1 atom stereocenters. The molecule has 0 radical (unpaired) electrons. The first-order valence-electron chi connectivity index (χ1n) is 5.88. The van der Waals surface area contributed by atoms with Crippen molar-refractivity contribution in [3.63, 3.8) is 0 Å². The van der Waals surface area contributed by atoms with Gasteiger partial charge in [-0.3, -0.25) is 0 Å². The molecule has 0 saturated carbocycles. The molecule has 0 amide bonds. The number of ether oxygens (including phenoxy) is 1. The summed E-state index contributed by atoms with van der Waals surface area (Å²) in [6.45, 7) is 8.49. The van der Waals surface area contributed by atoms with Crippen LogP contribution in [0, 0.1) is 0 Å². The van der Waals surface area contributed by atoms with E-state index in [-0.39, 0.29) is 23.9 Å². The fourth-order valence-corrected chi connectivity index (χ4v) is 2.13. The lowest BCUT2D eigenvalue weighted by atomic mass is 9.85.